The molecule has 0 aliphatic carbocycles. The monoisotopic (exact) mass is 175 g/mol. The van der Waals surface area contributed by atoms with Crippen molar-refractivity contribution in [1.82, 2.24) is 0 Å². The van der Waals surface area contributed by atoms with Gasteiger partial charge in [-0.2, -0.15) is 0 Å². The minimum Gasteiger partial charge on any atom is -0.308 e. The Balaban J connectivity index is 4.25. The molecule has 70 valence electrons. The molecule has 0 saturated heterocycles. The van der Waals surface area contributed by atoms with Crippen LogP contribution in [0.15, 0.2) is 47.6 Å². The van der Waals surface area contributed by atoms with Crippen LogP contribution < -0.4 is 0 Å². The van der Waals surface area contributed by atoms with Gasteiger partial charge < -0.3 is 5.41 Å². The highest BCUT2D eigenvalue weighted by Gasteiger charge is 1.82. The molecule has 0 aromatic carbocycles. The predicted molar refractivity (Wildman–Crippen MR) is 60.3 cm³/mol. The van der Waals surface area contributed by atoms with Crippen molar-refractivity contribution in [3.05, 3.63) is 47.6 Å². The topological polar surface area (TPSA) is 23.9 Å². The summed E-state index contributed by atoms with van der Waals surface area (Å²) >= 11 is 0. The van der Waals surface area contributed by atoms with Gasteiger partial charge in [-0.05, 0) is 26.3 Å². The van der Waals surface area contributed by atoms with Crippen LogP contribution in [0.25, 0.3) is 0 Å². The van der Waals surface area contributed by atoms with Crippen molar-refractivity contribution < 1.29 is 0 Å². The summed E-state index contributed by atoms with van der Waals surface area (Å²) in [6.45, 7) is 5.92. The van der Waals surface area contributed by atoms with E-state index in [0.29, 0.717) is 0 Å². The summed E-state index contributed by atoms with van der Waals surface area (Å²) in [5.74, 6) is 0. The van der Waals surface area contributed by atoms with Crippen LogP contribution in [-0.4, -0.2) is 6.21 Å². The lowest BCUT2D eigenvalue weighted by molar-refractivity contribution is 1.44. The third-order valence-corrected chi connectivity index (χ3v) is 1.46. The molecule has 0 atom stereocenters. The molecule has 1 nitrogen and oxygen atoms in total. The van der Waals surface area contributed by atoms with Crippen LogP contribution >= 0.6 is 0 Å². The van der Waals surface area contributed by atoms with E-state index < -0.39 is 0 Å². The zero-order valence-corrected chi connectivity index (χ0v) is 8.54. The quantitative estimate of drug-likeness (QED) is 0.498. The normalized spacial score (nSPS) is 14.4. The van der Waals surface area contributed by atoms with E-state index in [1.54, 1.807) is 0 Å². The molecule has 0 fully saturated rings. The number of nitrogens with one attached hydrogen (secondary N) is 1. The van der Waals surface area contributed by atoms with E-state index in [4.69, 9.17) is 5.41 Å². The molecular formula is C12H17N. The van der Waals surface area contributed by atoms with Crippen molar-refractivity contribution >= 4 is 6.21 Å². The Hall–Kier alpha value is -1.37. The van der Waals surface area contributed by atoms with Gasteiger partial charge in [-0.3, -0.25) is 0 Å². The molecule has 0 rings (SSSR count). The van der Waals surface area contributed by atoms with Gasteiger partial charge in [0.05, 0.1) is 0 Å². The minimum atomic E-state index is 0.966. The van der Waals surface area contributed by atoms with Gasteiger partial charge in [0.1, 0.15) is 0 Å². The SMILES string of the molecule is C\C=C/C=C/C=C(C)\C=C(/C)C=N. The van der Waals surface area contributed by atoms with Gasteiger partial charge in [-0.15, -0.1) is 0 Å². The zero-order valence-electron chi connectivity index (χ0n) is 8.54. The number of hydrogen-bond donors (Lipinski definition) is 1. The van der Waals surface area contributed by atoms with Gasteiger partial charge in [0.15, 0.2) is 0 Å². The summed E-state index contributed by atoms with van der Waals surface area (Å²) in [7, 11) is 0. The van der Waals surface area contributed by atoms with E-state index in [-0.39, 0.29) is 0 Å². The van der Waals surface area contributed by atoms with E-state index in [9.17, 15) is 0 Å². The van der Waals surface area contributed by atoms with E-state index in [1.807, 2.05) is 57.2 Å². The highest BCUT2D eigenvalue weighted by molar-refractivity contribution is 5.75. The third-order valence-electron chi connectivity index (χ3n) is 1.46. The molecule has 1 heteroatoms. The highest BCUT2D eigenvalue weighted by atomic mass is 14.3. The maximum atomic E-state index is 7.00. The zero-order chi connectivity index (χ0) is 10.1. The summed E-state index contributed by atoms with van der Waals surface area (Å²) in [4.78, 5) is 0. The average Bonchev–Trinajstić information content (AvgIpc) is 2.12. The van der Waals surface area contributed by atoms with E-state index >= 15 is 0 Å². The number of rotatable bonds is 4. The van der Waals surface area contributed by atoms with Crippen LogP contribution in [0.5, 0.6) is 0 Å². The smallest absolute Gasteiger partial charge is 0.0207 e. The van der Waals surface area contributed by atoms with E-state index in [1.165, 1.54) is 6.21 Å². The Bertz CT molecular complexity index is 265. The van der Waals surface area contributed by atoms with Crippen molar-refractivity contribution in [1.29, 1.82) is 5.41 Å². The van der Waals surface area contributed by atoms with Gasteiger partial charge in [-0.25, -0.2) is 0 Å². The standard InChI is InChI=1S/C12H17N/c1-4-5-6-7-8-11(2)9-12(3)10-13/h4-10,13H,1-3H3/b5-4-,7-6+,11-8-,12-9+,13-10?. The Labute approximate surface area is 80.7 Å². The van der Waals surface area contributed by atoms with Crippen LogP contribution in [0.4, 0.5) is 0 Å². The molecular weight excluding hydrogens is 158 g/mol. The first-order valence-corrected chi connectivity index (χ1v) is 4.35. The Morgan fingerprint density at radius 1 is 1.00 bits per heavy atom. The lowest BCUT2D eigenvalue weighted by atomic mass is 10.2. The molecule has 0 aromatic heterocycles. The first kappa shape index (κ1) is 11.6. The second-order valence-corrected chi connectivity index (χ2v) is 2.85. The second-order valence-electron chi connectivity index (χ2n) is 2.85. The van der Waals surface area contributed by atoms with Gasteiger partial charge in [0, 0.05) is 6.21 Å². The van der Waals surface area contributed by atoms with Crippen molar-refractivity contribution in [3.8, 4) is 0 Å². The summed E-state index contributed by atoms with van der Waals surface area (Å²) in [6, 6.07) is 0. The van der Waals surface area contributed by atoms with Gasteiger partial charge in [-0.1, -0.05) is 42.0 Å². The number of hydrogen-bond acceptors (Lipinski definition) is 1. The Morgan fingerprint density at radius 3 is 2.23 bits per heavy atom. The fraction of sp³-hybridized carbons (Fsp3) is 0.250. The molecule has 0 aliphatic heterocycles. The molecule has 0 aromatic rings. The predicted octanol–water partition coefficient (Wildman–Crippen LogP) is 3.66. The summed E-state index contributed by atoms with van der Waals surface area (Å²) in [6.07, 6.45) is 13.3. The maximum Gasteiger partial charge on any atom is 0.0207 e. The van der Waals surface area contributed by atoms with Crippen LogP contribution in [-0.2, 0) is 0 Å². The Morgan fingerprint density at radius 2 is 1.69 bits per heavy atom. The molecule has 0 aliphatic rings. The first-order chi connectivity index (χ1) is 6.20. The molecule has 0 spiro atoms. The lowest BCUT2D eigenvalue weighted by Gasteiger charge is -1.90. The van der Waals surface area contributed by atoms with Gasteiger partial charge >= 0.3 is 0 Å². The Kier molecular flexibility index (Phi) is 6.52. The van der Waals surface area contributed by atoms with E-state index in [2.05, 4.69) is 0 Å². The molecule has 0 amide bonds. The molecule has 0 bridgehead atoms. The summed E-state index contributed by atoms with van der Waals surface area (Å²) < 4.78 is 0. The number of allylic oxidation sites excluding steroid dienone is 8. The van der Waals surface area contributed by atoms with Crippen molar-refractivity contribution in [2.45, 2.75) is 20.8 Å². The lowest BCUT2D eigenvalue weighted by Crippen LogP contribution is -1.76. The van der Waals surface area contributed by atoms with Gasteiger partial charge in [0.2, 0.25) is 0 Å². The van der Waals surface area contributed by atoms with Crippen molar-refractivity contribution in [3.63, 3.8) is 0 Å². The molecule has 0 heterocycles. The van der Waals surface area contributed by atoms with Crippen molar-refractivity contribution in [2.24, 2.45) is 0 Å². The second kappa shape index (κ2) is 7.29. The highest BCUT2D eigenvalue weighted by Crippen LogP contribution is 1.99. The molecule has 13 heavy (non-hydrogen) atoms. The minimum absolute atomic E-state index is 0.966. The summed E-state index contributed by atoms with van der Waals surface area (Å²) in [5.41, 5.74) is 2.12. The molecule has 0 radical (unpaired) electrons. The molecule has 0 unspecified atom stereocenters. The van der Waals surface area contributed by atoms with Crippen molar-refractivity contribution in [2.75, 3.05) is 0 Å². The van der Waals surface area contributed by atoms with Gasteiger partial charge in [0.25, 0.3) is 0 Å². The van der Waals surface area contributed by atoms with Crippen LogP contribution in [0, 0.1) is 5.41 Å². The van der Waals surface area contributed by atoms with Crippen LogP contribution in [0.1, 0.15) is 20.8 Å². The molecule has 0 saturated carbocycles. The fourth-order valence-electron chi connectivity index (χ4n) is 0.831. The first-order valence-electron chi connectivity index (χ1n) is 4.35. The average molecular weight is 175 g/mol. The maximum absolute atomic E-state index is 7.00. The van der Waals surface area contributed by atoms with E-state index in [0.717, 1.165) is 11.1 Å². The third kappa shape index (κ3) is 7.01. The fourth-order valence-corrected chi connectivity index (χ4v) is 0.831. The summed E-state index contributed by atoms with van der Waals surface area (Å²) in [5, 5.41) is 7.00. The largest absolute Gasteiger partial charge is 0.308 e. The molecule has 1 N–H and O–H groups in total. The van der Waals surface area contributed by atoms with Crippen LogP contribution in [0.3, 0.4) is 0 Å². The van der Waals surface area contributed by atoms with Crippen LogP contribution in [0.2, 0.25) is 0 Å².